The molecule has 1 aromatic carbocycles. The minimum absolute atomic E-state index is 0.205. The summed E-state index contributed by atoms with van der Waals surface area (Å²) in [6.45, 7) is 0.205. The fraction of sp³-hybridized carbons (Fsp3) is 0.278. The van der Waals surface area contributed by atoms with Crippen molar-refractivity contribution in [1.82, 2.24) is 19.9 Å². The monoisotopic (exact) mass is 353 g/mol. The molecule has 0 saturated heterocycles. The van der Waals surface area contributed by atoms with Crippen LogP contribution < -0.4 is 5.73 Å². The number of carbonyl (C=O) groups excluding carboxylic acids is 1. The maximum absolute atomic E-state index is 12.9. The van der Waals surface area contributed by atoms with Crippen molar-refractivity contribution in [2.45, 2.75) is 31.5 Å². The number of fused-ring (bicyclic) bond motifs is 3. The minimum atomic E-state index is -1.02. The van der Waals surface area contributed by atoms with Crippen molar-refractivity contribution in [3.05, 3.63) is 53.7 Å². The number of nitrogens with one attached hydrogen (secondary N) is 2. The minimum Gasteiger partial charge on any atom is -0.480 e. The molecular formula is C18H19N5O3. The molecule has 1 aliphatic rings. The van der Waals surface area contributed by atoms with Gasteiger partial charge in [-0.2, -0.15) is 0 Å². The molecule has 0 saturated carbocycles. The number of carboxylic acids is 1. The van der Waals surface area contributed by atoms with E-state index in [1.165, 1.54) is 11.2 Å². The second-order valence-electron chi connectivity index (χ2n) is 6.54. The predicted octanol–water partition coefficient (Wildman–Crippen LogP) is 0.799. The Balaban J connectivity index is 1.64. The van der Waals surface area contributed by atoms with Crippen LogP contribution in [0.2, 0.25) is 0 Å². The molecule has 5 N–H and O–H groups in total. The van der Waals surface area contributed by atoms with Crippen LogP contribution in [-0.4, -0.2) is 48.9 Å². The van der Waals surface area contributed by atoms with E-state index in [1.807, 2.05) is 24.3 Å². The first-order chi connectivity index (χ1) is 12.5. The molecule has 0 radical (unpaired) electrons. The summed E-state index contributed by atoms with van der Waals surface area (Å²) in [4.78, 5) is 36.2. The number of nitrogens with zero attached hydrogens (tertiary/aromatic N) is 2. The Hall–Kier alpha value is -3.13. The number of nitrogens with two attached hydrogens (primary N) is 1. The van der Waals surface area contributed by atoms with E-state index in [2.05, 4.69) is 15.0 Å². The van der Waals surface area contributed by atoms with Gasteiger partial charge in [-0.1, -0.05) is 18.2 Å². The van der Waals surface area contributed by atoms with Crippen LogP contribution in [0.25, 0.3) is 10.9 Å². The van der Waals surface area contributed by atoms with Crippen LogP contribution in [0.4, 0.5) is 0 Å². The van der Waals surface area contributed by atoms with Gasteiger partial charge < -0.3 is 25.7 Å². The molecule has 26 heavy (non-hydrogen) atoms. The van der Waals surface area contributed by atoms with E-state index in [4.69, 9.17) is 5.73 Å². The number of imidazole rings is 1. The molecule has 0 fully saturated rings. The van der Waals surface area contributed by atoms with Crippen LogP contribution in [0.1, 0.15) is 17.0 Å². The lowest BCUT2D eigenvalue weighted by molar-refractivity contribution is -0.152. The number of carbonyl (C=O) groups is 2. The van der Waals surface area contributed by atoms with E-state index in [1.54, 1.807) is 6.20 Å². The zero-order valence-electron chi connectivity index (χ0n) is 14.0. The fourth-order valence-electron chi connectivity index (χ4n) is 3.59. The van der Waals surface area contributed by atoms with Crippen LogP contribution in [0.15, 0.2) is 36.8 Å². The van der Waals surface area contributed by atoms with E-state index in [-0.39, 0.29) is 25.3 Å². The maximum Gasteiger partial charge on any atom is 0.326 e. The smallest absolute Gasteiger partial charge is 0.326 e. The summed E-state index contributed by atoms with van der Waals surface area (Å²) in [5.74, 6) is -1.40. The van der Waals surface area contributed by atoms with Crippen molar-refractivity contribution < 1.29 is 14.7 Å². The number of para-hydroxylation sites is 1. The number of aromatic amines is 2. The SMILES string of the molecule is N[C@@H](Cc1cnc[nH]1)C(=O)N1Cc2[nH]c3ccccc3c2C[C@H]1C(=O)O. The van der Waals surface area contributed by atoms with Crippen molar-refractivity contribution in [3.8, 4) is 0 Å². The van der Waals surface area contributed by atoms with E-state index in [0.717, 1.165) is 27.9 Å². The second kappa shape index (κ2) is 6.30. The summed E-state index contributed by atoms with van der Waals surface area (Å²) in [5.41, 5.74) is 9.56. The molecule has 8 nitrogen and oxygen atoms in total. The van der Waals surface area contributed by atoms with E-state index >= 15 is 0 Å². The van der Waals surface area contributed by atoms with Crippen molar-refractivity contribution >= 4 is 22.8 Å². The van der Waals surface area contributed by atoms with Gasteiger partial charge in [0.2, 0.25) is 5.91 Å². The molecular weight excluding hydrogens is 334 g/mol. The lowest BCUT2D eigenvalue weighted by Gasteiger charge is -2.34. The van der Waals surface area contributed by atoms with Crippen molar-refractivity contribution in [3.63, 3.8) is 0 Å². The first-order valence-corrected chi connectivity index (χ1v) is 8.39. The average molecular weight is 353 g/mol. The van der Waals surface area contributed by atoms with Gasteiger partial charge in [0, 0.05) is 41.3 Å². The van der Waals surface area contributed by atoms with Gasteiger partial charge in [0.05, 0.1) is 18.9 Å². The van der Waals surface area contributed by atoms with Gasteiger partial charge in [-0.3, -0.25) is 4.79 Å². The number of rotatable bonds is 4. The molecule has 0 spiro atoms. The first kappa shape index (κ1) is 16.3. The lowest BCUT2D eigenvalue weighted by Crippen LogP contribution is -2.54. The van der Waals surface area contributed by atoms with E-state index in [0.29, 0.717) is 0 Å². The summed E-state index contributed by atoms with van der Waals surface area (Å²) < 4.78 is 0. The number of amides is 1. The third kappa shape index (κ3) is 2.74. The molecule has 8 heteroatoms. The van der Waals surface area contributed by atoms with Crippen LogP contribution in [-0.2, 0) is 29.0 Å². The number of H-pyrrole nitrogens is 2. The van der Waals surface area contributed by atoms with Crippen LogP contribution in [0.5, 0.6) is 0 Å². The summed E-state index contributed by atoms with van der Waals surface area (Å²) in [6.07, 6.45) is 3.66. The Kier molecular flexibility index (Phi) is 3.96. The van der Waals surface area contributed by atoms with Gasteiger partial charge in [0.1, 0.15) is 6.04 Å². The molecule has 0 bridgehead atoms. The normalized spacial score (nSPS) is 17.9. The number of hydrogen-bond donors (Lipinski definition) is 4. The Bertz CT molecular complexity index is 963. The lowest BCUT2D eigenvalue weighted by atomic mass is 9.95. The molecule has 1 aliphatic heterocycles. The largest absolute Gasteiger partial charge is 0.480 e. The number of hydrogen-bond acceptors (Lipinski definition) is 4. The molecule has 2 atom stereocenters. The van der Waals surface area contributed by atoms with Crippen LogP contribution >= 0.6 is 0 Å². The third-order valence-electron chi connectivity index (χ3n) is 4.88. The third-order valence-corrected chi connectivity index (χ3v) is 4.88. The maximum atomic E-state index is 12.9. The zero-order chi connectivity index (χ0) is 18.3. The summed E-state index contributed by atoms with van der Waals surface area (Å²) in [7, 11) is 0. The van der Waals surface area contributed by atoms with E-state index in [9.17, 15) is 14.7 Å². The number of carboxylic acid groups (broad SMARTS) is 1. The van der Waals surface area contributed by atoms with Crippen molar-refractivity contribution in [2.24, 2.45) is 5.73 Å². The molecule has 3 aromatic rings. The Morgan fingerprint density at radius 3 is 2.92 bits per heavy atom. The highest BCUT2D eigenvalue weighted by Crippen LogP contribution is 2.30. The van der Waals surface area contributed by atoms with Gasteiger partial charge in [-0.05, 0) is 11.6 Å². The highest BCUT2D eigenvalue weighted by molar-refractivity contribution is 5.90. The first-order valence-electron chi connectivity index (χ1n) is 8.39. The quantitative estimate of drug-likeness (QED) is 0.551. The molecule has 3 heterocycles. The van der Waals surface area contributed by atoms with Gasteiger partial charge in [-0.15, -0.1) is 0 Å². The number of benzene rings is 1. The average Bonchev–Trinajstić information content (AvgIpc) is 3.26. The molecule has 0 aliphatic carbocycles. The summed E-state index contributed by atoms with van der Waals surface area (Å²) >= 11 is 0. The van der Waals surface area contributed by atoms with Gasteiger partial charge >= 0.3 is 5.97 Å². The molecule has 4 rings (SSSR count). The number of aromatic nitrogens is 3. The van der Waals surface area contributed by atoms with E-state index < -0.39 is 18.1 Å². The zero-order valence-corrected chi connectivity index (χ0v) is 14.0. The number of aliphatic carboxylic acids is 1. The van der Waals surface area contributed by atoms with Crippen LogP contribution in [0.3, 0.4) is 0 Å². The molecule has 0 unspecified atom stereocenters. The molecule has 2 aromatic heterocycles. The molecule has 134 valence electrons. The fourth-order valence-corrected chi connectivity index (χ4v) is 3.59. The molecule has 1 amide bonds. The Labute approximate surface area is 149 Å². The highest BCUT2D eigenvalue weighted by atomic mass is 16.4. The standard InChI is InChI=1S/C18H19N5O3/c19-13(5-10-7-20-9-21-10)17(24)23-8-15-12(6-16(23)18(25)26)11-3-1-2-4-14(11)22-15/h1-4,7,9,13,16,22H,5-6,8,19H2,(H,20,21)(H,25,26)/t13-,16-/m0/s1. The van der Waals surface area contributed by atoms with Gasteiger partial charge in [-0.25, -0.2) is 9.78 Å². The predicted molar refractivity (Wildman–Crippen MR) is 94.2 cm³/mol. The van der Waals surface area contributed by atoms with Crippen molar-refractivity contribution in [2.75, 3.05) is 0 Å². The van der Waals surface area contributed by atoms with Gasteiger partial charge in [0.15, 0.2) is 0 Å². The topological polar surface area (TPSA) is 128 Å². The van der Waals surface area contributed by atoms with Crippen LogP contribution in [0, 0.1) is 0 Å². The Morgan fingerprint density at radius 1 is 1.38 bits per heavy atom. The Morgan fingerprint density at radius 2 is 2.19 bits per heavy atom. The summed E-state index contributed by atoms with van der Waals surface area (Å²) in [5, 5.41) is 10.7. The second-order valence-corrected chi connectivity index (χ2v) is 6.54. The van der Waals surface area contributed by atoms with Crippen molar-refractivity contribution in [1.29, 1.82) is 0 Å². The highest BCUT2D eigenvalue weighted by Gasteiger charge is 2.38. The summed E-state index contributed by atoms with van der Waals surface area (Å²) in [6, 6.07) is 5.99. The van der Waals surface area contributed by atoms with Gasteiger partial charge in [0.25, 0.3) is 0 Å².